The van der Waals surface area contributed by atoms with Crippen molar-refractivity contribution in [3.8, 4) is 0 Å². The summed E-state index contributed by atoms with van der Waals surface area (Å²) in [5.41, 5.74) is 0.588. The number of aromatic carboxylic acids is 1. The predicted octanol–water partition coefficient (Wildman–Crippen LogP) is 3.68. The summed E-state index contributed by atoms with van der Waals surface area (Å²) in [5, 5.41) is 14.3. The van der Waals surface area contributed by atoms with Crippen LogP contribution >= 0.6 is 11.6 Å². The maximum absolute atomic E-state index is 11.8. The van der Waals surface area contributed by atoms with Gasteiger partial charge in [-0.2, -0.15) is 0 Å². The van der Waals surface area contributed by atoms with Crippen molar-refractivity contribution in [1.29, 1.82) is 0 Å². The van der Waals surface area contributed by atoms with E-state index in [1.807, 2.05) is 6.07 Å². The molecule has 2 aromatic carbocycles. The highest BCUT2D eigenvalue weighted by atomic mass is 35.5. The van der Waals surface area contributed by atoms with Crippen LogP contribution in [-0.4, -0.2) is 17.1 Å². The van der Waals surface area contributed by atoms with Gasteiger partial charge in [0.1, 0.15) is 0 Å². The predicted molar refractivity (Wildman–Crippen MR) is 77.5 cm³/mol. The van der Waals surface area contributed by atoms with Crippen molar-refractivity contribution in [3.63, 3.8) is 0 Å². The van der Waals surface area contributed by atoms with E-state index in [1.165, 1.54) is 18.2 Å². The zero-order valence-electron chi connectivity index (χ0n) is 10.3. The minimum Gasteiger partial charge on any atom is -0.478 e. The van der Waals surface area contributed by atoms with Gasteiger partial charge in [0.25, 0.3) is 0 Å². The number of carbonyl (C=O) groups is 2. The Labute approximate surface area is 120 Å². The number of carbonyl (C=O) groups excluding carboxylic acids is 1. The minimum absolute atomic E-state index is 0.0649. The van der Waals surface area contributed by atoms with Gasteiger partial charge in [-0.3, -0.25) is 0 Å². The normalized spacial score (nSPS) is 9.85. The number of para-hydroxylation sites is 2. The lowest BCUT2D eigenvalue weighted by atomic mass is 10.2. The average molecular weight is 291 g/mol. The molecule has 0 fully saturated rings. The Hall–Kier alpha value is -2.53. The van der Waals surface area contributed by atoms with Crippen molar-refractivity contribution in [1.82, 2.24) is 0 Å². The van der Waals surface area contributed by atoms with E-state index in [9.17, 15) is 9.59 Å². The van der Waals surface area contributed by atoms with Gasteiger partial charge in [-0.15, -0.1) is 0 Å². The molecule has 0 aliphatic rings. The van der Waals surface area contributed by atoms with Crippen LogP contribution in [0.2, 0.25) is 5.02 Å². The van der Waals surface area contributed by atoms with Crippen LogP contribution < -0.4 is 10.6 Å². The molecule has 5 nitrogen and oxygen atoms in total. The summed E-state index contributed by atoms with van der Waals surface area (Å²) in [4.78, 5) is 22.9. The van der Waals surface area contributed by atoms with Gasteiger partial charge in [-0.1, -0.05) is 35.9 Å². The summed E-state index contributed by atoms with van der Waals surface area (Å²) in [6.07, 6.45) is 0. The van der Waals surface area contributed by atoms with Crippen LogP contribution in [0.25, 0.3) is 0 Å². The molecule has 0 aliphatic carbocycles. The summed E-state index contributed by atoms with van der Waals surface area (Å²) in [5.74, 6) is -1.16. The highest BCUT2D eigenvalue weighted by Crippen LogP contribution is 2.26. The molecule has 0 radical (unpaired) electrons. The molecule has 6 heteroatoms. The molecule has 102 valence electrons. The summed E-state index contributed by atoms with van der Waals surface area (Å²) in [7, 11) is 0. The summed E-state index contributed by atoms with van der Waals surface area (Å²) < 4.78 is 0. The highest BCUT2D eigenvalue weighted by Gasteiger charge is 2.15. The van der Waals surface area contributed by atoms with Crippen LogP contribution in [0.5, 0.6) is 0 Å². The van der Waals surface area contributed by atoms with Crippen molar-refractivity contribution in [3.05, 3.63) is 59.1 Å². The Morgan fingerprint density at radius 1 is 0.950 bits per heavy atom. The van der Waals surface area contributed by atoms with Gasteiger partial charge >= 0.3 is 12.0 Å². The lowest BCUT2D eigenvalue weighted by Gasteiger charge is -2.11. The number of amides is 2. The Morgan fingerprint density at radius 2 is 1.65 bits per heavy atom. The molecule has 0 spiro atoms. The van der Waals surface area contributed by atoms with Crippen molar-refractivity contribution in [2.75, 3.05) is 10.6 Å². The van der Waals surface area contributed by atoms with Crippen molar-refractivity contribution >= 4 is 35.0 Å². The lowest BCUT2D eigenvalue weighted by molar-refractivity contribution is 0.0698. The molecule has 0 saturated heterocycles. The van der Waals surface area contributed by atoms with Crippen LogP contribution in [0.3, 0.4) is 0 Å². The zero-order chi connectivity index (χ0) is 14.5. The number of hydrogen-bond donors (Lipinski definition) is 3. The number of rotatable bonds is 3. The SMILES string of the molecule is O=C(Nc1ccccc1)Nc1c(Cl)cccc1C(=O)O. The second-order valence-corrected chi connectivity index (χ2v) is 4.32. The van der Waals surface area contributed by atoms with Gasteiger partial charge in [0.05, 0.1) is 16.3 Å². The second-order valence-electron chi connectivity index (χ2n) is 3.91. The average Bonchev–Trinajstić information content (AvgIpc) is 2.42. The Kier molecular flexibility index (Phi) is 4.22. The Balaban J connectivity index is 2.18. The number of hydrogen-bond acceptors (Lipinski definition) is 2. The van der Waals surface area contributed by atoms with Crippen molar-refractivity contribution in [2.45, 2.75) is 0 Å². The van der Waals surface area contributed by atoms with Crippen LogP contribution in [0.1, 0.15) is 10.4 Å². The lowest BCUT2D eigenvalue weighted by Crippen LogP contribution is -2.21. The van der Waals surface area contributed by atoms with Gasteiger partial charge in [0.15, 0.2) is 0 Å². The van der Waals surface area contributed by atoms with E-state index in [4.69, 9.17) is 16.7 Å². The number of anilines is 2. The number of carboxylic acid groups (broad SMARTS) is 1. The van der Waals surface area contributed by atoms with Crippen LogP contribution in [0.15, 0.2) is 48.5 Å². The van der Waals surface area contributed by atoms with E-state index in [0.29, 0.717) is 5.69 Å². The van der Waals surface area contributed by atoms with E-state index in [-0.39, 0.29) is 16.3 Å². The Morgan fingerprint density at radius 3 is 2.30 bits per heavy atom. The molecular formula is C14H11ClN2O3. The largest absolute Gasteiger partial charge is 0.478 e. The first-order valence-corrected chi connectivity index (χ1v) is 6.10. The quantitative estimate of drug-likeness (QED) is 0.807. The zero-order valence-corrected chi connectivity index (χ0v) is 11.0. The summed E-state index contributed by atoms with van der Waals surface area (Å²) in [6, 6.07) is 12.6. The number of benzene rings is 2. The molecule has 0 bridgehead atoms. The van der Waals surface area contributed by atoms with E-state index in [0.717, 1.165) is 0 Å². The molecule has 0 saturated carbocycles. The van der Waals surface area contributed by atoms with Gasteiger partial charge in [-0.05, 0) is 24.3 Å². The molecular weight excluding hydrogens is 280 g/mol. The first kappa shape index (κ1) is 13.9. The third-order valence-corrected chi connectivity index (χ3v) is 2.83. The Bertz CT molecular complexity index is 644. The van der Waals surface area contributed by atoms with Gasteiger partial charge in [-0.25, -0.2) is 9.59 Å². The van der Waals surface area contributed by atoms with Gasteiger partial charge in [0.2, 0.25) is 0 Å². The topological polar surface area (TPSA) is 78.4 Å². The number of urea groups is 1. The van der Waals surface area contributed by atoms with Crippen LogP contribution in [0, 0.1) is 0 Å². The molecule has 0 heterocycles. The molecule has 2 aromatic rings. The molecule has 0 unspecified atom stereocenters. The molecule has 2 amide bonds. The first-order valence-electron chi connectivity index (χ1n) is 5.73. The molecule has 3 N–H and O–H groups in total. The maximum atomic E-state index is 11.8. The first-order chi connectivity index (χ1) is 9.58. The number of nitrogens with one attached hydrogen (secondary N) is 2. The fourth-order valence-corrected chi connectivity index (χ4v) is 1.85. The van der Waals surface area contributed by atoms with E-state index in [1.54, 1.807) is 24.3 Å². The smallest absolute Gasteiger partial charge is 0.337 e. The third-order valence-electron chi connectivity index (χ3n) is 2.51. The van der Waals surface area contributed by atoms with Gasteiger partial charge in [0, 0.05) is 5.69 Å². The van der Waals surface area contributed by atoms with Crippen LogP contribution in [-0.2, 0) is 0 Å². The van der Waals surface area contributed by atoms with E-state index >= 15 is 0 Å². The van der Waals surface area contributed by atoms with Crippen molar-refractivity contribution in [2.24, 2.45) is 0 Å². The van der Waals surface area contributed by atoms with Crippen molar-refractivity contribution < 1.29 is 14.7 Å². The third kappa shape index (κ3) is 3.27. The van der Waals surface area contributed by atoms with Gasteiger partial charge < -0.3 is 15.7 Å². The monoisotopic (exact) mass is 290 g/mol. The molecule has 0 aromatic heterocycles. The molecule has 0 atom stereocenters. The van der Waals surface area contributed by atoms with E-state index in [2.05, 4.69) is 10.6 Å². The fraction of sp³-hybridized carbons (Fsp3) is 0. The molecule has 20 heavy (non-hydrogen) atoms. The summed E-state index contributed by atoms with van der Waals surface area (Å²) >= 11 is 5.91. The minimum atomic E-state index is -1.16. The van der Waals surface area contributed by atoms with E-state index < -0.39 is 12.0 Å². The number of carboxylic acids is 1. The molecule has 2 rings (SSSR count). The fourth-order valence-electron chi connectivity index (χ4n) is 1.63. The van der Waals surface area contributed by atoms with Crippen LogP contribution in [0.4, 0.5) is 16.2 Å². The highest BCUT2D eigenvalue weighted by molar-refractivity contribution is 6.34. The maximum Gasteiger partial charge on any atom is 0.337 e. The summed E-state index contributed by atoms with van der Waals surface area (Å²) in [6.45, 7) is 0. The number of halogens is 1. The standard InChI is InChI=1S/C14H11ClN2O3/c15-11-8-4-7-10(13(18)19)12(11)17-14(20)16-9-5-2-1-3-6-9/h1-8H,(H,18,19)(H2,16,17,20). The molecule has 0 aliphatic heterocycles. The second kappa shape index (κ2) is 6.08.